The fourth-order valence-electron chi connectivity index (χ4n) is 0.702. The first-order valence-corrected chi connectivity index (χ1v) is 3.10. The third-order valence-corrected chi connectivity index (χ3v) is 1.20. The zero-order valence-electron chi connectivity index (χ0n) is 6.19. The van der Waals surface area contributed by atoms with E-state index in [2.05, 4.69) is 10.1 Å². The van der Waals surface area contributed by atoms with Crippen molar-refractivity contribution in [3.63, 3.8) is 0 Å². The summed E-state index contributed by atoms with van der Waals surface area (Å²) in [7, 11) is 1.60. The van der Waals surface area contributed by atoms with Crippen molar-refractivity contribution >= 4 is 6.21 Å². The Morgan fingerprint density at radius 1 is 1.73 bits per heavy atom. The molecule has 0 unspecified atom stereocenters. The van der Waals surface area contributed by atoms with E-state index in [1.54, 1.807) is 25.4 Å². The summed E-state index contributed by atoms with van der Waals surface area (Å²) in [4.78, 5) is 3.97. The Labute approximate surface area is 64.7 Å². The SMILES string of the molecule is COc1ccnc(C=NN)c1. The van der Waals surface area contributed by atoms with Crippen molar-refractivity contribution in [1.29, 1.82) is 0 Å². The van der Waals surface area contributed by atoms with Crippen molar-refractivity contribution in [3.8, 4) is 5.75 Å². The Bertz CT molecular complexity index is 260. The van der Waals surface area contributed by atoms with Gasteiger partial charge in [0.1, 0.15) is 5.75 Å². The number of aromatic nitrogens is 1. The van der Waals surface area contributed by atoms with Crippen LogP contribution in [0.15, 0.2) is 23.4 Å². The number of nitrogens with zero attached hydrogens (tertiary/aromatic N) is 2. The van der Waals surface area contributed by atoms with Crippen LogP contribution in [-0.4, -0.2) is 18.3 Å². The molecule has 11 heavy (non-hydrogen) atoms. The first kappa shape index (κ1) is 7.53. The molecule has 1 heterocycles. The largest absolute Gasteiger partial charge is 0.497 e. The number of ether oxygens (including phenoxy) is 1. The molecular weight excluding hydrogens is 142 g/mol. The van der Waals surface area contributed by atoms with Crippen LogP contribution in [0.2, 0.25) is 0 Å². The molecular formula is C7H9N3O. The van der Waals surface area contributed by atoms with Gasteiger partial charge in [-0.15, -0.1) is 0 Å². The van der Waals surface area contributed by atoms with E-state index in [4.69, 9.17) is 10.6 Å². The lowest BCUT2D eigenvalue weighted by molar-refractivity contribution is 0.414. The molecule has 2 N–H and O–H groups in total. The fourth-order valence-corrected chi connectivity index (χ4v) is 0.702. The number of hydrogen-bond acceptors (Lipinski definition) is 4. The predicted molar refractivity (Wildman–Crippen MR) is 42.6 cm³/mol. The molecule has 0 saturated heterocycles. The molecule has 0 aliphatic carbocycles. The Hall–Kier alpha value is -1.58. The van der Waals surface area contributed by atoms with Crippen molar-refractivity contribution < 1.29 is 4.74 Å². The highest BCUT2D eigenvalue weighted by molar-refractivity contribution is 5.77. The molecule has 0 amide bonds. The van der Waals surface area contributed by atoms with E-state index in [1.165, 1.54) is 6.21 Å². The molecule has 0 radical (unpaired) electrons. The maximum Gasteiger partial charge on any atom is 0.122 e. The van der Waals surface area contributed by atoms with Crippen LogP contribution in [0.25, 0.3) is 0 Å². The van der Waals surface area contributed by atoms with Crippen molar-refractivity contribution in [2.45, 2.75) is 0 Å². The molecule has 4 heteroatoms. The van der Waals surface area contributed by atoms with Gasteiger partial charge in [0, 0.05) is 12.3 Å². The van der Waals surface area contributed by atoms with Gasteiger partial charge in [0.2, 0.25) is 0 Å². The summed E-state index contributed by atoms with van der Waals surface area (Å²) < 4.78 is 4.96. The van der Waals surface area contributed by atoms with Crippen LogP contribution in [0.4, 0.5) is 0 Å². The summed E-state index contributed by atoms with van der Waals surface area (Å²) in [5.74, 6) is 5.69. The van der Waals surface area contributed by atoms with Crippen LogP contribution < -0.4 is 10.6 Å². The van der Waals surface area contributed by atoms with E-state index in [9.17, 15) is 0 Å². The van der Waals surface area contributed by atoms with Crippen LogP contribution in [0, 0.1) is 0 Å². The highest BCUT2D eigenvalue weighted by atomic mass is 16.5. The van der Waals surface area contributed by atoms with Crippen molar-refractivity contribution in [1.82, 2.24) is 4.98 Å². The highest BCUT2D eigenvalue weighted by Gasteiger charge is 1.91. The maximum absolute atomic E-state index is 4.96. The number of hydrogen-bond donors (Lipinski definition) is 1. The minimum atomic E-state index is 0.687. The Morgan fingerprint density at radius 2 is 2.55 bits per heavy atom. The normalized spacial score (nSPS) is 10.3. The van der Waals surface area contributed by atoms with Gasteiger partial charge >= 0.3 is 0 Å². The van der Waals surface area contributed by atoms with Gasteiger partial charge in [0.25, 0.3) is 0 Å². The van der Waals surface area contributed by atoms with Crippen LogP contribution in [0.3, 0.4) is 0 Å². The van der Waals surface area contributed by atoms with Gasteiger partial charge in [-0.1, -0.05) is 0 Å². The molecule has 0 atom stereocenters. The first-order valence-electron chi connectivity index (χ1n) is 3.10. The van der Waals surface area contributed by atoms with Crippen LogP contribution in [-0.2, 0) is 0 Å². The second-order valence-electron chi connectivity index (χ2n) is 1.90. The average molecular weight is 151 g/mol. The minimum absolute atomic E-state index is 0.687. The van der Waals surface area contributed by atoms with Gasteiger partial charge in [-0.3, -0.25) is 4.98 Å². The topological polar surface area (TPSA) is 60.5 Å². The van der Waals surface area contributed by atoms with Crippen LogP contribution >= 0.6 is 0 Å². The molecule has 0 aliphatic rings. The average Bonchev–Trinajstić information content (AvgIpc) is 2.06. The predicted octanol–water partition coefficient (Wildman–Crippen LogP) is 0.383. The molecule has 1 aromatic rings. The monoisotopic (exact) mass is 151 g/mol. The molecule has 0 saturated carbocycles. The van der Waals surface area contributed by atoms with Crippen molar-refractivity contribution in [3.05, 3.63) is 24.0 Å². The smallest absolute Gasteiger partial charge is 0.122 e. The molecule has 58 valence electrons. The van der Waals surface area contributed by atoms with Crippen LogP contribution in [0.1, 0.15) is 5.69 Å². The van der Waals surface area contributed by atoms with Gasteiger partial charge < -0.3 is 10.6 Å². The summed E-state index contributed by atoms with van der Waals surface area (Å²) in [5.41, 5.74) is 0.687. The second kappa shape index (κ2) is 3.55. The van der Waals surface area contributed by atoms with Gasteiger partial charge in [-0.2, -0.15) is 5.10 Å². The van der Waals surface area contributed by atoms with Gasteiger partial charge in [-0.05, 0) is 6.07 Å². The lowest BCUT2D eigenvalue weighted by atomic mass is 10.3. The third kappa shape index (κ3) is 1.93. The van der Waals surface area contributed by atoms with E-state index in [1.807, 2.05) is 0 Å². The summed E-state index contributed by atoms with van der Waals surface area (Å²) in [6.07, 6.45) is 3.10. The molecule has 0 aliphatic heterocycles. The fraction of sp³-hybridized carbons (Fsp3) is 0.143. The van der Waals surface area contributed by atoms with Crippen molar-refractivity contribution in [2.24, 2.45) is 10.9 Å². The molecule has 0 aromatic carbocycles. The highest BCUT2D eigenvalue weighted by Crippen LogP contribution is 2.07. The Morgan fingerprint density at radius 3 is 3.18 bits per heavy atom. The van der Waals surface area contributed by atoms with Gasteiger partial charge in [0.15, 0.2) is 0 Å². The molecule has 4 nitrogen and oxygen atoms in total. The maximum atomic E-state index is 4.96. The van der Waals surface area contributed by atoms with Crippen molar-refractivity contribution in [2.75, 3.05) is 7.11 Å². The van der Waals surface area contributed by atoms with E-state index in [0.29, 0.717) is 5.69 Å². The lowest BCUT2D eigenvalue weighted by Gasteiger charge is -1.97. The lowest BCUT2D eigenvalue weighted by Crippen LogP contribution is -1.91. The Balaban J connectivity index is 2.91. The summed E-state index contributed by atoms with van der Waals surface area (Å²) in [6, 6.07) is 3.50. The minimum Gasteiger partial charge on any atom is -0.497 e. The molecule has 0 fully saturated rings. The quantitative estimate of drug-likeness (QED) is 0.377. The van der Waals surface area contributed by atoms with E-state index >= 15 is 0 Å². The van der Waals surface area contributed by atoms with E-state index in [-0.39, 0.29) is 0 Å². The first-order chi connectivity index (χ1) is 5.36. The zero-order valence-corrected chi connectivity index (χ0v) is 6.19. The number of nitrogens with two attached hydrogens (primary N) is 1. The molecule has 1 rings (SSSR count). The standard InChI is InChI=1S/C7H9N3O/c1-11-7-2-3-9-6(4-7)5-10-8/h2-5H,8H2,1H3. The molecule has 0 bridgehead atoms. The summed E-state index contributed by atoms with van der Waals surface area (Å²) in [5, 5.41) is 3.34. The summed E-state index contributed by atoms with van der Waals surface area (Å²) in [6.45, 7) is 0. The Kier molecular flexibility index (Phi) is 2.43. The number of methoxy groups -OCH3 is 1. The number of rotatable bonds is 2. The third-order valence-electron chi connectivity index (χ3n) is 1.20. The summed E-state index contributed by atoms with van der Waals surface area (Å²) >= 11 is 0. The number of pyridine rings is 1. The van der Waals surface area contributed by atoms with E-state index < -0.39 is 0 Å². The number of hydrazone groups is 1. The van der Waals surface area contributed by atoms with Crippen LogP contribution in [0.5, 0.6) is 5.75 Å². The zero-order chi connectivity index (χ0) is 8.10. The van der Waals surface area contributed by atoms with Gasteiger partial charge in [0.05, 0.1) is 19.0 Å². The van der Waals surface area contributed by atoms with Gasteiger partial charge in [-0.25, -0.2) is 0 Å². The van der Waals surface area contributed by atoms with E-state index in [0.717, 1.165) is 5.75 Å². The molecule has 0 spiro atoms. The molecule has 1 aromatic heterocycles. The second-order valence-corrected chi connectivity index (χ2v) is 1.90.